The number of rotatable bonds is 7. The Kier molecular flexibility index (Phi) is 5.54. The van der Waals surface area contributed by atoms with E-state index < -0.39 is 0 Å². The van der Waals surface area contributed by atoms with E-state index in [1.54, 1.807) is 0 Å². The molecule has 5 heteroatoms. The van der Waals surface area contributed by atoms with Gasteiger partial charge in [-0.1, -0.05) is 25.9 Å². The highest BCUT2D eigenvalue weighted by molar-refractivity contribution is 5.02. The van der Waals surface area contributed by atoms with Gasteiger partial charge in [0, 0.05) is 12.6 Å². The molecule has 0 aliphatic carbocycles. The quantitative estimate of drug-likeness (QED) is 0.832. The molecule has 5 nitrogen and oxygen atoms in total. The van der Waals surface area contributed by atoms with Gasteiger partial charge in [-0.3, -0.25) is 0 Å². The molecular weight excluding hydrogens is 254 g/mol. The predicted octanol–water partition coefficient (Wildman–Crippen LogP) is 3.05. The maximum absolute atomic E-state index is 5.62. The Balaban J connectivity index is 2.08. The van der Waals surface area contributed by atoms with E-state index in [4.69, 9.17) is 9.26 Å². The van der Waals surface area contributed by atoms with Crippen LogP contribution in [0.25, 0.3) is 0 Å². The monoisotopic (exact) mass is 281 g/mol. The summed E-state index contributed by atoms with van der Waals surface area (Å²) in [7, 11) is 0. The maximum atomic E-state index is 5.62. The van der Waals surface area contributed by atoms with E-state index in [-0.39, 0.29) is 12.0 Å². The van der Waals surface area contributed by atoms with Gasteiger partial charge in [0.1, 0.15) is 6.10 Å². The van der Waals surface area contributed by atoms with E-state index in [2.05, 4.69) is 43.2 Å². The third kappa shape index (κ3) is 3.58. The molecule has 1 aliphatic heterocycles. The van der Waals surface area contributed by atoms with Gasteiger partial charge in [-0.25, -0.2) is 0 Å². The van der Waals surface area contributed by atoms with Crippen LogP contribution in [0.5, 0.6) is 0 Å². The minimum Gasteiger partial charge on any atom is -0.370 e. The first-order chi connectivity index (χ1) is 9.63. The van der Waals surface area contributed by atoms with Gasteiger partial charge in [0.25, 0.3) is 0 Å². The number of nitrogens with zero attached hydrogens (tertiary/aromatic N) is 2. The van der Waals surface area contributed by atoms with Crippen molar-refractivity contribution in [3.63, 3.8) is 0 Å². The second kappa shape index (κ2) is 7.18. The van der Waals surface area contributed by atoms with Crippen molar-refractivity contribution in [1.29, 1.82) is 0 Å². The average molecular weight is 281 g/mol. The molecule has 0 bridgehead atoms. The second-order valence-electron chi connectivity index (χ2n) is 6.01. The van der Waals surface area contributed by atoms with Crippen LogP contribution in [-0.4, -0.2) is 29.3 Å². The number of hydrogen-bond donors (Lipinski definition) is 1. The van der Waals surface area contributed by atoms with E-state index >= 15 is 0 Å². The van der Waals surface area contributed by atoms with Crippen molar-refractivity contribution in [3.8, 4) is 0 Å². The number of hydrogen-bond acceptors (Lipinski definition) is 5. The molecule has 1 N–H and O–H groups in total. The summed E-state index contributed by atoms with van der Waals surface area (Å²) in [5, 5.41) is 7.66. The summed E-state index contributed by atoms with van der Waals surface area (Å²) in [6.45, 7) is 10.6. The van der Waals surface area contributed by atoms with E-state index in [1.165, 1.54) is 0 Å². The number of nitrogens with one attached hydrogen (secondary N) is 1. The first kappa shape index (κ1) is 15.4. The Morgan fingerprint density at radius 1 is 1.35 bits per heavy atom. The zero-order chi connectivity index (χ0) is 14.5. The summed E-state index contributed by atoms with van der Waals surface area (Å²) in [5.74, 6) is 2.14. The van der Waals surface area contributed by atoms with Crippen molar-refractivity contribution in [2.75, 3.05) is 13.2 Å². The summed E-state index contributed by atoms with van der Waals surface area (Å²) < 4.78 is 11.1. The minimum absolute atomic E-state index is 0.0271. The molecule has 1 aliphatic rings. The molecule has 20 heavy (non-hydrogen) atoms. The van der Waals surface area contributed by atoms with Crippen LogP contribution in [-0.2, 0) is 4.74 Å². The fourth-order valence-electron chi connectivity index (χ4n) is 2.87. The predicted molar refractivity (Wildman–Crippen MR) is 77.6 cm³/mol. The van der Waals surface area contributed by atoms with Gasteiger partial charge in [0.05, 0.1) is 5.92 Å². The van der Waals surface area contributed by atoms with E-state index in [0.717, 1.165) is 38.3 Å². The largest absolute Gasteiger partial charge is 0.370 e. The Hall–Kier alpha value is -0.940. The molecule has 0 saturated carbocycles. The zero-order valence-electron chi connectivity index (χ0n) is 13.1. The van der Waals surface area contributed by atoms with Gasteiger partial charge in [-0.15, -0.1) is 0 Å². The summed E-state index contributed by atoms with van der Waals surface area (Å²) in [4.78, 5) is 4.60. The van der Waals surface area contributed by atoms with Gasteiger partial charge in [-0.05, 0) is 38.6 Å². The van der Waals surface area contributed by atoms with Crippen molar-refractivity contribution in [2.24, 2.45) is 5.92 Å². The third-order valence-electron chi connectivity index (χ3n) is 3.93. The highest BCUT2D eigenvalue weighted by Crippen LogP contribution is 2.30. The summed E-state index contributed by atoms with van der Waals surface area (Å²) in [5.41, 5.74) is 0. The van der Waals surface area contributed by atoms with Crippen LogP contribution >= 0.6 is 0 Å². The Morgan fingerprint density at radius 2 is 2.15 bits per heavy atom. The Labute approximate surface area is 121 Å². The van der Waals surface area contributed by atoms with Crippen LogP contribution in [0.2, 0.25) is 0 Å². The normalized spacial score (nSPS) is 22.4. The SMILES string of the molecule is CCCNC(C)C(c1nc(C2CCCO2)no1)C(C)C. The van der Waals surface area contributed by atoms with Gasteiger partial charge in [-0.2, -0.15) is 4.98 Å². The van der Waals surface area contributed by atoms with E-state index in [9.17, 15) is 0 Å². The highest BCUT2D eigenvalue weighted by atomic mass is 16.5. The number of aromatic nitrogens is 2. The van der Waals surface area contributed by atoms with Crippen LogP contribution in [0.3, 0.4) is 0 Å². The van der Waals surface area contributed by atoms with Gasteiger partial charge in [0.2, 0.25) is 11.7 Å². The van der Waals surface area contributed by atoms with Crippen molar-refractivity contribution in [1.82, 2.24) is 15.5 Å². The van der Waals surface area contributed by atoms with Gasteiger partial charge >= 0.3 is 0 Å². The Morgan fingerprint density at radius 3 is 2.75 bits per heavy atom. The fourth-order valence-corrected chi connectivity index (χ4v) is 2.87. The molecule has 1 saturated heterocycles. The standard InChI is InChI=1S/C15H27N3O2/c1-5-8-16-11(4)13(10(2)3)15-17-14(18-20-15)12-7-6-9-19-12/h10-13,16H,5-9H2,1-4H3. The maximum Gasteiger partial charge on any atom is 0.231 e. The summed E-state index contributed by atoms with van der Waals surface area (Å²) in [6.07, 6.45) is 3.23. The van der Waals surface area contributed by atoms with Gasteiger partial charge in [0.15, 0.2) is 0 Å². The molecule has 3 atom stereocenters. The summed E-state index contributed by atoms with van der Waals surface area (Å²) >= 11 is 0. The van der Waals surface area contributed by atoms with Crippen molar-refractivity contribution >= 4 is 0 Å². The lowest BCUT2D eigenvalue weighted by atomic mass is 9.89. The molecule has 3 unspecified atom stereocenters. The van der Waals surface area contributed by atoms with E-state index in [1.807, 2.05) is 0 Å². The number of ether oxygens (including phenoxy) is 1. The highest BCUT2D eigenvalue weighted by Gasteiger charge is 2.30. The van der Waals surface area contributed by atoms with Crippen LogP contribution in [0.1, 0.15) is 70.7 Å². The van der Waals surface area contributed by atoms with Crippen molar-refractivity contribution < 1.29 is 9.26 Å². The average Bonchev–Trinajstić information content (AvgIpc) is 3.06. The molecule has 0 amide bonds. The molecule has 0 radical (unpaired) electrons. The molecule has 0 spiro atoms. The summed E-state index contributed by atoms with van der Waals surface area (Å²) in [6, 6.07) is 0.327. The lowest BCUT2D eigenvalue weighted by Crippen LogP contribution is -2.35. The van der Waals surface area contributed by atoms with Gasteiger partial charge < -0.3 is 14.6 Å². The Bertz CT molecular complexity index is 400. The molecule has 1 fully saturated rings. The second-order valence-corrected chi connectivity index (χ2v) is 6.01. The molecule has 0 aromatic carbocycles. The first-order valence-corrected chi connectivity index (χ1v) is 7.82. The van der Waals surface area contributed by atoms with Crippen LogP contribution < -0.4 is 5.32 Å². The van der Waals surface area contributed by atoms with Crippen molar-refractivity contribution in [2.45, 2.75) is 65.0 Å². The van der Waals surface area contributed by atoms with E-state index in [0.29, 0.717) is 17.8 Å². The topological polar surface area (TPSA) is 60.2 Å². The lowest BCUT2D eigenvalue weighted by Gasteiger charge is -2.25. The lowest BCUT2D eigenvalue weighted by molar-refractivity contribution is 0.103. The fraction of sp³-hybridized carbons (Fsp3) is 0.867. The molecular formula is C15H27N3O2. The minimum atomic E-state index is 0.0271. The van der Waals surface area contributed by atoms with Crippen LogP contribution in [0.15, 0.2) is 4.52 Å². The molecule has 1 aromatic rings. The third-order valence-corrected chi connectivity index (χ3v) is 3.93. The smallest absolute Gasteiger partial charge is 0.231 e. The van der Waals surface area contributed by atoms with Crippen molar-refractivity contribution in [3.05, 3.63) is 11.7 Å². The molecule has 2 heterocycles. The first-order valence-electron chi connectivity index (χ1n) is 7.82. The molecule has 1 aromatic heterocycles. The zero-order valence-corrected chi connectivity index (χ0v) is 13.1. The molecule has 114 valence electrons. The van der Waals surface area contributed by atoms with Crippen LogP contribution in [0, 0.1) is 5.92 Å². The molecule has 2 rings (SSSR count). The van der Waals surface area contributed by atoms with Crippen LogP contribution in [0.4, 0.5) is 0 Å².